The zero-order chi connectivity index (χ0) is 19.1. The largest absolute Gasteiger partial charge is 0.493 e. The van der Waals surface area contributed by atoms with Crippen LogP contribution in [0.15, 0.2) is 30.3 Å². The lowest BCUT2D eigenvalue weighted by atomic mass is 10.1. The third kappa shape index (κ3) is 5.05. The Labute approximate surface area is 154 Å². The molecule has 0 spiro atoms. The van der Waals surface area contributed by atoms with Crippen LogP contribution in [0.3, 0.4) is 0 Å². The first-order chi connectivity index (χ1) is 12.5. The molecular weight excluding hydrogens is 332 g/mol. The maximum atomic E-state index is 12.2. The van der Waals surface area contributed by atoms with Gasteiger partial charge < -0.3 is 24.8 Å². The molecule has 0 unspecified atom stereocenters. The second kappa shape index (κ2) is 8.99. The quantitative estimate of drug-likeness (QED) is 0.752. The number of anilines is 2. The van der Waals surface area contributed by atoms with Crippen LogP contribution < -0.4 is 24.8 Å². The van der Waals surface area contributed by atoms with Crippen molar-refractivity contribution < 1.29 is 19.0 Å². The molecule has 0 atom stereocenters. The van der Waals surface area contributed by atoms with Gasteiger partial charge in [0.2, 0.25) is 11.7 Å². The molecule has 26 heavy (non-hydrogen) atoms. The fourth-order valence-electron chi connectivity index (χ4n) is 2.77. The summed E-state index contributed by atoms with van der Waals surface area (Å²) in [4.78, 5) is 12.2. The van der Waals surface area contributed by atoms with Gasteiger partial charge >= 0.3 is 0 Å². The topological polar surface area (TPSA) is 68.8 Å². The van der Waals surface area contributed by atoms with Crippen LogP contribution in [-0.2, 0) is 4.79 Å². The zero-order valence-electron chi connectivity index (χ0n) is 15.9. The highest BCUT2D eigenvalue weighted by Gasteiger charge is 2.13. The van der Waals surface area contributed by atoms with E-state index in [1.807, 2.05) is 38.1 Å². The molecule has 0 heterocycles. The second-order valence-electron chi connectivity index (χ2n) is 6.02. The van der Waals surface area contributed by atoms with Crippen molar-refractivity contribution >= 4 is 17.3 Å². The van der Waals surface area contributed by atoms with Crippen LogP contribution in [0.5, 0.6) is 17.2 Å². The van der Waals surface area contributed by atoms with Crippen molar-refractivity contribution in [3.63, 3.8) is 0 Å². The minimum atomic E-state index is -0.0464. The molecule has 0 aliphatic heterocycles. The van der Waals surface area contributed by atoms with Crippen LogP contribution >= 0.6 is 0 Å². The van der Waals surface area contributed by atoms with Crippen molar-refractivity contribution in [3.8, 4) is 17.2 Å². The molecule has 6 heteroatoms. The number of methoxy groups -OCH3 is 3. The van der Waals surface area contributed by atoms with Crippen LogP contribution in [0.4, 0.5) is 11.4 Å². The summed E-state index contributed by atoms with van der Waals surface area (Å²) < 4.78 is 15.9. The average Bonchev–Trinajstić information content (AvgIpc) is 2.59. The number of rotatable bonds is 8. The van der Waals surface area contributed by atoms with Gasteiger partial charge in [-0.05, 0) is 37.1 Å². The van der Waals surface area contributed by atoms with Crippen molar-refractivity contribution in [2.75, 3.05) is 38.5 Å². The fourth-order valence-corrected chi connectivity index (χ4v) is 2.77. The Morgan fingerprint density at radius 2 is 1.42 bits per heavy atom. The molecule has 2 aromatic rings. The Hall–Kier alpha value is -2.89. The number of aryl methyl sites for hydroxylation is 2. The van der Waals surface area contributed by atoms with Gasteiger partial charge in [-0.1, -0.05) is 6.07 Å². The van der Waals surface area contributed by atoms with E-state index in [9.17, 15) is 4.79 Å². The highest BCUT2D eigenvalue weighted by atomic mass is 16.5. The molecule has 2 aromatic carbocycles. The van der Waals surface area contributed by atoms with Gasteiger partial charge in [0.05, 0.1) is 21.3 Å². The van der Waals surface area contributed by atoms with Gasteiger partial charge in [0, 0.05) is 36.5 Å². The third-order valence-corrected chi connectivity index (χ3v) is 3.85. The molecule has 2 rings (SSSR count). The lowest BCUT2D eigenvalue weighted by Crippen LogP contribution is -2.16. The second-order valence-corrected chi connectivity index (χ2v) is 6.02. The van der Waals surface area contributed by atoms with Crippen molar-refractivity contribution in [2.24, 2.45) is 0 Å². The molecule has 1 amide bonds. The third-order valence-electron chi connectivity index (χ3n) is 3.85. The van der Waals surface area contributed by atoms with E-state index in [1.165, 1.54) is 0 Å². The molecule has 0 saturated carbocycles. The average molecular weight is 358 g/mol. The Kier molecular flexibility index (Phi) is 6.72. The number of carbonyl (C=O) groups is 1. The summed E-state index contributed by atoms with van der Waals surface area (Å²) in [6, 6.07) is 9.60. The van der Waals surface area contributed by atoms with Crippen molar-refractivity contribution in [1.82, 2.24) is 0 Å². The van der Waals surface area contributed by atoms with Gasteiger partial charge in [0.15, 0.2) is 11.5 Å². The van der Waals surface area contributed by atoms with Gasteiger partial charge in [-0.15, -0.1) is 0 Å². The standard InChI is InChI=1S/C20H26N2O4/c1-13-8-14(2)10-16(9-13)22-19(23)6-7-21-15-11-17(24-3)20(26-5)18(12-15)25-4/h8-12,21H,6-7H2,1-5H3,(H,22,23). The van der Waals surface area contributed by atoms with E-state index in [4.69, 9.17) is 14.2 Å². The molecule has 0 bridgehead atoms. The van der Waals surface area contributed by atoms with Crippen LogP contribution in [0.2, 0.25) is 0 Å². The maximum absolute atomic E-state index is 12.2. The summed E-state index contributed by atoms with van der Waals surface area (Å²) in [5.74, 6) is 1.62. The maximum Gasteiger partial charge on any atom is 0.226 e. The lowest BCUT2D eigenvalue weighted by molar-refractivity contribution is -0.115. The highest BCUT2D eigenvalue weighted by molar-refractivity contribution is 5.91. The molecule has 0 aliphatic carbocycles. The van der Waals surface area contributed by atoms with Crippen LogP contribution in [-0.4, -0.2) is 33.8 Å². The minimum Gasteiger partial charge on any atom is -0.493 e. The summed E-state index contributed by atoms with van der Waals surface area (Å²) in [7, 11) is 4.70. The molecule has 0 aliphatic rings. The molecule has 2 N–H and O–H groups in total. The lowest BCUT2D eigenvalue weighted by Gasteiger charge is -2.15. The van der Waals surface area contributed by atoms with Crippen molar-refractivity contribution in [2.45, 2.75) is 20.3 Å². The zero-order valence-corrected chi connectivity index (χ0v) is 15.9. The first kappa shape index (κ1) is 19.4. The van der Waals surface area contributed by atoms with E-state index in [0.29, 0.717) is 30.2 Å². The number of amides is 1. The van der Waals surface area contributed by atoms with E-state index in [1.54, 1.807) is 21.3 Å². The minimum absolute atomic E-state index is 0.0464. The highest BCUT2D eigenvalue weighted by Crippen LogP contribution is 2.39. The van der Waals surface area contributed by atoms with Gasteiger partial charge in [-0.2, -0.15) is 0 Å². The molecule has 6 nitrogen and oxygen atoms in total. The van der Waals surface area contributed by atoms with Gasteiger partial charge in [0.1, 0.15) is 0 Å². The van der Waals surface area contributed by atoms with E-state index in [-0.39, 0.29) is 5.91 Å². The van der Waals surface area contributed by atoms with Crippen LogP contribution in [0.1, 0.15) is 17.5 Å². The van der Waals surface area contributed by atoms with E-state index in [0.717, 1.165) is 22.5 Å². The number of ether oxygens (including phenoxy) is 3. The normalized spacial score (nSPS) is 10.2. The molecular formula is C20H26N2O4. The summed E-state index contributed by atoms with van der Waals surface area (Å²) in [5, 5.41) is 6.13. The number of hydrogen-bond acceptors (Lipinski definition) is 5. The summed E-state index contributed by atoms with van der Waals surface area (Å²) in [6.45, 7) is 4.50. The number of hydrogen-bond donors (Lipinski definition) is 2. The Morgan fingerprint density at radius 1 is 0.846 bits per heavy atom. The molecule has 0 saturated heterocycles. The molecule has 0 aromatic heterocycles. The fraction of sp³-hybridized carbons (Fsp3) is 0.350. The van der Waals surface area contributed by atoms with E-state index < -0.39 is 0 Å². The summed E-state index contributed by atoms with van der Waals surface area (Å²) in [6.07, 6.45) is 0.337. The van der Waals surface area contributed by atoms with Crippen LogP contribution in [0.25, 0.3) is 0 Å². The molecule has 0 fully saturated rings. The first-order valence-electron chi connectivity index (χ1n) is 8.39. The number of nitrogens with one attached hydrogen (secondary N) is 2. The van der Waals surface area contributed by atoms with E-state index in [2.05, 4.69) is 16.7 Å². The smallest absolute Gasteiger partial charge is 0.226 e. The van der Waals surface area contributed by atoms with E-state index >= 15 is 0 Å². The predicted molar refractivity (Wildman–Crippen MR) is 104 cm³/mol. The first-order valence-corrected chi connectivity index (χ1v) is 8.39. The molecule has 0 radical (unpaired) electrons. The SMILES string of the molecule is COc1cc(NCCC(=O)Nc2cc(C)cc(C)c2)cc(OC)c1OC. The van der Waals surface area contributed by atoms with Crippen molar-refractivity contribution in [1.29, 1.82) is 0 Å². The Balaban J connectivity index is 1.95. The summed E-state index contributed by atoms with van der Waals surface area (Å²) in [5.41, 5.74) is 3.85. The Bertz CT molecular complexity index is 729. The number of benzene rings is 2. The number of carbonyl (C=O) groups excluding carboxylic acids is 1. The predicted octanol–water partition coefficient (Wildman–Crippen LogP) is 3.77. The van der Waals surface area contributed by atoms with Gasteiger partial charge in [0.25, 0.3) is 0 Å². The van der Waals surface area contributed by atoms with Crippen molar-refractivity contribution in [3.05, 3.63) is 41.5 Å². The van der Waals surface area contributed by atoms with Gasteiger partial charge in [-0.25, -0.2) is 0 Å². The van der Waals surface area contributed by atoms with Gasteiger partial charge in [-0.3, -0.25) is 4.79 Å². The van der Waals surface area contributed by atoms with Crippen LogP contribution in [0, 0.1) is 13.8 Å². The molecule has 140 valence electrons. The summed E-state index contributed by atoms with van der Waals surface area (Å²) >= 11 is 0. The monoisotopic (exact) mass is 358 g/mol. The Morgan fingerprint density at radius 3 is 1.92 bits per heavy atom.